The summed E-state index contributed by atoms with van der Waals surface area (Å²) in [4.78, 5) is 22.7. The Morgan fingerprint density at radius 2 is 1.94 bits per heavy atom. The molecule has 1 fully saturated rings. The van der Waals surface area contributed by atoms with E-state index in [0.29, 0.717) is 6.61 Å². The van der Waals surface area contributed by atoms with Crippen LogP contribution in [0.2, 0.25) is 0 Å². The summed E-state index contributed by atoms with van der Waals surface area (Å²) in [6, 6.07) is 0. The maximum atomic E-state index is 11.6. The Kier molecular flexibility index (Phi) is 3.86. The molecule has 1 rings (SSSR count). The lowest BCUT2D eigenvalue weighted by Gasteiger charge is -2.41. The molecular formula is C12H20O4. The Bertz CT molecular complexity index is 295. The fourth-order valence-electron chi connectivity index (χ4n) is 1.97. The molecule has 1 aliphatic heterocycles. The number of rotatable bonds is 3. The maximum absolute atomic E-state index is 11.6. The minimum Gasteiger partial charge on any atom is -0.350 e. The van der Waals surface area contributed by atoms with E-state index < -0.39 is 17.5 Å². The van der Waals surface area contributed by atoms with Gasteiger partial charge in [0, 0.05) is 18.8 Å². The second kappa shape index (κ2) is 4.63. The van der Waals surface area contributed by atoms with E-state index >= 15 is 0 Å². The molecule has 0 aromatic rings. The number of hydrogen-bond donors (Lipinski definition) is 0. The molecule has 0 aromatic heterocycles. The van der Waals surface area contributed by atoms with Gasteiger partial charge in [-0.25, -0.2) is 0 Å². The van der Waals surface area contributed by atoms with Crippen molar-refractivity contribution in [2.24, 2.45) is 11.8 Å². The number of carbonyl (C=O) groups is 2. The number of ketones is 2. The fourth-order valence-corrected chi connectivity index (χ4v) is 1.97. The van der Waals surface area contributed by atoms with Crippen molar-refractivity contribution >= 4 is 11.6 Å². The van der Waals surface area contributed by atoms with Gasteiger partial charge >= 0.3 is 0 Å². The SMILES string of the molecule is CC(=O)C(=O)[C@H](C)[C@@H]1OC(C)(C)OC[C@H]1C. The van der Waals surface area contributed by atoms with Gasteiger partial charge in [0.2, 0.25) is 5.78 Å². The first kappa shape index (κ1) is 13.3. The Hall–Kier alpha value is -0.740. The predicted octanol–water partition coefficient (Wildman–Crippen LogP) is 1.57. The molecule has 0 aromatic carbocycles. The monoisotopic (exact) mass is 228 g/mol. The first-order valence-electron chi connectivity index (χ1n) is 5.61. The quantitative estimate of drug-likeness (QED) is 0.688. The molecule has 0 aliphatic carbocycles. The number of hydrogen-bond acceptors (Lipinski definition) is 4. The van der Waals surface area contributed by atoms with Crippen LogP contribution >= 0.6 is 0 Å². The van der Waals surface area contributed by atoms with Crippen molar-refractivity contribution < 1.29 is 19.1 Å². The van der Waals surface area contributed by atoms with Crippen LogP contribution in [0.5, 0.6) is 0 Å². The Morgan fingerprint density at radius 3 is 2.44 bits per heavy atom. The van der Waals surface area contributed by atoms with Crippen molar-refractivity contribution in [2.75, 3.05) is 6.61 Å². The van der Waals surface area contributed by atoms with E-state index in [1.165, 1.54) is 6.92 Å². The molecule has 1 saturated heterocycles. The molecule has 1 aliphatic rings. The average Bonchev–Trinajstić information content (AvgIpc) is 2.19. The molecule has 0 amide bonds. The summed E-state index contributed by atoms with van der Waals surface area (Å²) < 4.78 is 11.2. The van der Waals surface area contributed by atoms with Crippen molar-refractivity contribution in [3.8, 4) is 0 Å². The van der Waals surface area contributed by atoms with Gasteiger partial charge in [0.05, 0.1) is 12.7 Å². The highest BCUT2D eigenvalue weighted by Crippen LogP contribution is 2.30. The third-order valence-electron chi connectivity index (χ3n) is 2.93. The molecule has 3 atom stereocenters. The Balaban J connectivity index is 2.77. The van der Waals surface area contributed by atoms with Crippen LogP contribution in [-0.4, -0.2) is 30.1 Å². The smallest absolute Gasteiger partial charge is 0.203 e. The zero-order chi connectivity index (χ0) is 12.5. The van der Waals surface area contributed by atoms with Gasteiger partial charge in [-0.15, -0.1) is 0 Å². The number of Topliss-reactive ketones (excluding diaryl/α,β-unsaturated/α-hetero) is 2. The third kappa shape index (κ3) is 2.89. The van der Waals surface area contributed by atoms with Crippen molar-refractivity contribution in [1.82, 2.24) is 0 Å². The molecule has 16 heavy (non-hydrogen) atoms. The molecule has 4 nitrogen and oxygen atoms in total. The summed E-state index contributed by atoms with van der Waals surface area (Å²) in [5, 5.41) is 0. The van der Waals surface area contributed by atoms with E-state index in [1.807, 2.05) is 20.8 Å². The van der Waals surface area contributed by atoms with Gasteiger partial charge in [-0.2, -0.15) is 0 Å². The van der Waals surface area contributed by atoms with Gasteiger partial charge in [0.1, 0.15) is 0 Å². The standard InChI is InChI=1S/C12H20O4/c1-7-6-15-12(4,5)16-11(7)8(2)10(14)9(3)13/h7-8,11H,6H2,1-5H3/t7-,8+,11-/m1/s1. The highest BCUT2D eigenvalue weighted by molar-refractivity contribution is 6.37. The highest BCUT2D eigenvalue weighted by Gasteiger charge is 2.40. The van der Waals surface area contributed by atoms with Crippen molar-refractivity contribution in [1.29, 1.82) is 0 Å². The van der Waals surface area contributed by atoms with Crippen LogP contribution in [0, 0.1) is 11.8 Å². The molecular weight excluding hydrogens is 208 g/mol. The van der Waals surface area contributed by atoms with E-state index in [-0.39, 0.29) is 17.8 Å². The topological polar surface area (TPSA) is 52.6 Å². The zero-order valence-electron chi connectivity index (χ0n) is 10.6. The molecule has 0 radical (unpaired) electrons. The lowest BCUT2D eigenvalue weighted by Crippen LogP contribution is -2.49. The minimum absolute atomic E-state index is 0.117. The normalized spacial score (nSPS) is 30.8. The predicted molar refractivity (Wildman–Crippen MR) is 58.9 cm³/mol. The Labute approximate surface area is 96.3 Å². The maximum Gasteiger partial charge on any atom is 0.203 e. The van der Waals surface area contributed by atoms with E-state index in [0.717, 1.165) is 0 Å². The van der Waals surface area contributed by atoms with Gasteiger partial charge in [-0.05, 0) is 13.8 Å². The molecule has 92 valence electrons. The molecule has 0 N–H and O–H groups in total. The summed E-state index contributed by atoms with van der Waals surface area (Å²) in [7, 11) is 0. The molecule has 0 bridgehead atoms. The van der Waals surface area contributed by atoms with Gasteiger partial charge in [0.25, 0.3) is 0 Å². The van der Waals surface area contributed by atoms with E-state index in [2.05, 4.69) is 0 Å². The third-order valence-corrected chi connectivity index (χ3v) is 2.93. The van der Waals surface area contributed by atoms with Crippen molar-refractivity contribution in [3.63, 3.8) is 0 Å². The second-order valence-electron chi connectivity index (χ2n) is 4.98. The Morgan fingerprint density at radius 1 is 1.38 bits per heavy atom. The lowest BCUT2D eigenvalue weighted by atomic mass is 9.88. The van der Waals surface area contributed by atoms with Gasteiger partial charge in [-0.1, -0.05) is 13.8 Å². The zero-order valence-corrected chi connectivity index (χ0v) is 10.6. The molecule has 0 unspecified atom stereocenters. The average molecular weight is 228 g/mol. The summed E-state index contributed by atoms with van der Waals surface area (Å²) >= 11 is 0. The van der Waals surface area contributed by atoms with Gasteiger partial charge in [-0.3, -0.25) is 9.59 Å². The first-order valence-corrected chi connectivity index (χ1v) is 5.61. The van der Waals surface area contributed by atoms with Crippen molar-refractivity contribution in [3.05, 3.63) is 0 Å². The fraction of sp³-hybridized carbons (Fsp3) is 0.833. The van der Waals surface area contributed by atoms with Crippen molar-refractivity contribution in [2.45, 2.75) is 46.5 Å². The molecule has 0 spiro atoms. The van der Waals surface area contributed by atoms with Crippen LogP contribution in [0.1, 0.15) is 34.6 Å². The van der Waals surface area contributed by atoms with Crippen LogP contribution in [0.15, 0.2) is 0 Å². The summed E-state index contributed by atoms with van der Waals surface area (Å²) in [6.07, 6.45) is -0.250. The summed E-state index contributed by atoms with van der Waals surface area (Å²) in [5.74, 6) is -1.74. The minimum atomic E-state index is -0.678. The van der Waals surface area contributed by atoms with E-state index in [1.54, 1.807) is 6.92 Å². The summed E-state index contributed by atoms with van der Waals surface area (Å²) in [5.41, 5.74) is 0. The van der Waals surface area contributed by atoms with E-state index in [4.69, 9.17) is 9.47 Å². The number of carbonyl (C=O) groups excluding carboxylic acids is 2. The van der Waals surface area contributed by atoms with Crippen LogP contribution in [0.4, 0.5) is 0 Å². The van der Waals surface area contributed by atoms with Gasteiger partial charge in [0.15, 0.2) is 11.6 Å². The molecule has 1 heterocycles. The molecule has 4 heteroatoms. The van der Waals surface area contributed by atoms with Crippen LogP contribution < -0.4 is 0 Å². The second-order valence-corrected chi connectivity index (χ2v) is 4.98. The first-order chi connectivity index (χ1) is 7.24. The number of ether oxygens (including phenoxy) is 2. The highest BCUT2D eigenvalue weighted by atomic mass is 16.7. The largest absolute Gasteiger partial charge is 0.350 e. The van der Waals surface area contributed by atoms with Crippen LogP contribution in [0.25, 0.3) is 0 Å². The molecule has 0 saturated carbocycles. The van der Waals surface area contributed by atoms with Crippen LogP contribution in [-0.2, 0) is 19.1 Å². The summed E-state index contributed by atoms with van der Waals surface area (Å²) in [6.45, 7) is 9.19. The van der Waals surface area contributed by atoms with Crippen LogP contribution in [0.3, 0.4) is 0 Å². The lowest BCUT2D eigenvalue weighted by molar-refractivity contribution is -0.297. The van der Waals surface area contributed by atoms with E-state index in [9.17, 15) is 9.59 Å². The van der Waals surface area contributed by atoms with Gasteiger partial charge < -0.3 is 9.47 Å².